The van der Waals surface area contributed by atoms with Gasteiger partial charge >= 0.3 is 0 Å². The van der Waals surface area contributed by atoms with Gasteiger partial charge in [-0.05, 0) is 68.1 Å². The smallest absolute Gasteiger partial charge is 0.229 e. The molecule has 2 saturated heterocycles. The molecule has 0 bridgehead atoms. The molecular formula is C27H37Cl3N4O2. The fraction of sp³-hybridized carbons (Fsp3) is 0.519. The third kappa shape index (κ3) is 7.34. The van der Waals surface area contributed by atoms with Gasteiger partial charge in [0.05, 0.1) is 11.5 Å². The second-order valence-electron chi connectivity index (χ2n) is 10.0. The zero-order chi connectivity index (χ0) is 24.1. The molecule has 2 aromatic rings. The Labute approximate surface area is 232 Å². The molecule has 1 N–H and O–H groups in total. The highest BCUT2D eigenvalue weighted by Crippen LogP contribution is 2.42. The monoisotopic (exact) mass is 554 g/mol. The molecule has 1 atom stereocenters. The van der Waals surface area contributed by atoms with E-state index in [0.717, 1.165) is 63.0 Å². The summed E-state index contributed by atoms with van der Waals surface area (Å²) in [7, 11) is 0. The number of nitrogens with one attached hydrogen (secondary N) is 1. The summed E-state index contributed by atoms with van der Waals surface area (Å²) in [5.41, 5.74) is 1.91. The van der Waals surface area contributed by atoms with Gasteiger partial charge in [0, 0.05) is 43.0 Å². The number of aromatic nitrogens is 1. The second-order valence-corrected chi connectivity index (χ2v) is 10.5. The summed E-state index contributed by atoms with van der Waals surface area (Å²) in [5.74, 6) is 0.282. The number of benzene rings is 1. The predicted molar refractivity (Wildman–Crippen MR) is 149 cm³/mol. The standard InChI is InChI=1S/C27H35ClN4O2.2ClH/c1-20(2)25(33)30-24(22-6-3-7-23(28)17-22)8-13-31-14-9-27(10-15-31)11-16-32(26(27)34)19-21-5-4-12-29-18-21;;/h3-7,12,17-18,20,24H,8-11,13-16,19H2,1-2H3,(H,30,33);2*1H. The summed E-state index contributed by atoms with van der Waals surface area (Å²) >= 11 is 6.22. The van der Waals surface area contributed by atoms with Crippen molar-refractivity contribution in [2.24, 2.45) is 11.3 Å². The number of carbonyl (C=O) groups is 2. The van der Waals surface area contributed by atoms with E-state index < -0.39 is 0 Å². The summed E-state index contributed by atoms with van der Waals surface area (Å²) in [6, 6.07) is 11.6. The Balaban J connectivity index is 0.00000228. The number of hydrogen-bond donors (Lipinski definition) is 1. The number of rotatable bonds is 8. The lowest BCUT2D eigenvalue weighted by Gasteiger charge is -2.38. The molecule has 1 aromatic heterocycles. The van der Waals surface area contributed by atoms with Crippen LogP contribution >= 0.6 is 36.4 Å². The topological polar surface area (TPSA) is 65.5 Å². The van der Waals surface area contributed by atoms with Crippen LogP contribution in [0.25, 0.3) is 0 Å². The van der Waals surface area contributed by atoms with Crippen molar-refractivity contribution in [2.45, 2.75) is 52.1 Å². The van der Waals surface area contributed by atoms with E-state index in [2.05, 4.69) is 15.2 Å². The van der Waals surface area contributed by atoms with Crippen LogP contribution in [0.15, 0.2) is 48.8 Å². The van der Waals surface area contributed by atoms with E-state index in [1.165, 1.54) is 0 Å². The van der Waals surface area contributed by atoms with Gasteiger partial charge in [0.15, 0.2) is 0 Å². The molecule has 2 amide bonds. The zero-order valence-corrected chi connectivity index (χ0v) is 23.4. The fourth-order valence-electron chi connectivity index (χ4n) is 5.12. The third-order valence-electron chi connectivity index (χ3n) is 7.34. The Bertz CT molecular complexity index is 998. The number of carbonyl (C=O) groups excluding carboxylic acids is 2. The van der Waals surface area contributed by atoms with Crippen LogP contribution in [-0.4, -0.2) is 52.8 Å². The number of amides is 2. The molecule has 0 radical (unpaired) electrons. The van der Waals surface area contributed by atoms with Crippen molar-refractivity contribution in [3.63, 3.8) is 0 Å². The molecule has 4 rings (SSSR count). The number of hydrogen-bond acceptors (Lipinski definition) is 4. The number of pyridine rings is 1. The van der Waals surface area contributed by atoms with Crippen molar-refractivity contribution >= 4 is 48.2 Å². The van der Waals surface area contributed by atoms with Gasteiger partial charge in [-0.15, -0.1) is 24.8 Å². The van der Waals surface area contributed by atoms with Gasteiger partial charge in [-0.2, -0.15) is 0 Å². The molecule has 2 fully saturated rings. The summed E-state index contributed by atoms with van der Waals surface area (Å²) in [4.78, 5) is 34.3. The van der Waals surface area contributed by atoms with E-state index >= 15 is 0 Å². The molecule has 198 valence electrons. The van der Waals surface area contributed by atoms with Gasteiger partial charge < -0.3 is 15.1 Å². The summed E-state index contributed by atoms with van der Waals surface area (Å²) in [5, 5.41) is 3.87. The van der Waals surface area contributed by atoms with Crippen LogP contribution in [0.5, 0.6) is 0 Å². The minimum atomic E-state index is -0.211. The fourth-order valence-corrected chi connectivity index (χ4v) is 5.32. The Morgan fingerprint density at radius 1 is 1.11 bits per heavy atom. The molecule has 1 aromatic carbocycles. The highest BCUT2D eigenvalue weighted by atomic mass is 35.5. The Morgan fingerprint density at radius 3 is 2.47 bits per heavy atom. The normalized spacial score (nSPS) is 18.0. The maximum atomic E-state index is 13.3. The molecule has 0 aliphatic carbocycles. The van der Waals surface area contributed by atoms with Gasteiger partial charge in [-0.3, -0.25) is 14.6 Å². The number of likely N-dealkylation sites (tertiary alicyclic amines) is 2. The lowest BCUT2D eigenvalue weighted by atomic mass is 9.77. The predicted octanol–water partition coefficient (Wildman–Crippen LogP) is 5.30. The highest BCUT2D eigenvalue weighted by Gasteiger charge is 2.47. The Hall–Kier alpha value is -1.86. The SMILES string of the molecule is CC(C)C(=O)NC(CCN1CCC2(CC1)CCN(Cc1cccnc1)C2=O)c1cccc(Cl)c1.Cl.Cl. The molecule has 1 spiro atoms. The van der Waals surface area contributed by atoms with Crippen LogP contribution in [0, 0.1) is 11.3 Å². The van der Waals surface area contributed by atoms with E-state index in [-0.39, 0.29) is 48.1 Å². The molecule has 2 aliphatic rings. The highest BCUT2D eigenvalue weighted by molar-refractivity contribution is 6.30. The Kier molecular flexibility index (Phi) is 11.5. The van der Waals surface area contributed by atoms with Gasteiger partial charge in [0.1, 0.15) is 0 Å². The third-order valence-corrected chi connectivity index (χ3v) is 7.57. The van der Waals surface area contributed by atoms with Crippen molar-refractivity contribution in [3.8, 4) is 0 Å². The minimum absolute atomic E-state index is 0. The van der Waals surface area contributed by atoms with Crippen LogP contribution < -0.4 is 5.32 Å². The lowest BCUT2D eigenvalue weighted by molar-refractivity contribution is -0.139. The first-order chi connectivity index (χ1) is 16.4. The average Bonchev–Trinajstić information content (AvgIpc) is 3.13. The van der Waals surface area contributed by atoms with E-state index in [9.17, 15) is 9.59 Å². The van der Waals surface area contributed by atoms with Crippen molar-refractivity contribution in [1.82, 2.24) is 20.1 Å². The van der Waals surface area contributed by atoms with Gasteiger partial charge in [0.2, 0.25) is 11.8 Å². The molecule has 1 unspecified atom stereocenters. The summed E-state index contributed by atoms with van der Waals surface area (Å²) < 4.78 is 0. The maximum absolute atomic E-state index is 13.3. The maximum Gasteiger partial charge on any atom is 0.229 e. The lowest BCUT2D eigenvalue weighted by Crippen LogP contribution is -2.45. The number of halogens is 3. The van der Waals surface area contributed by atoms with E-state index in [0.29, 0.717) is 17.5 Å². The van der Waals surface area contributed by atoms with Crippen LogP contribution in [0.1, 0.15) is 56.7 Å². The largest absolute Gasteiger partial charge is 0.349 e. The molecular weight excluding hydrogens is 519 g/mol. The number of piperidine rings is 1. The van der Waals surface area contributed by atoms with Gasteiger partial charge in [-0.25, -0.2) is 0 Å². The van der Waals surface area contributed by atoms with Crippen molar-refractivity contribution in [3.05, 3.63) is 64.9 Å². The molecule has 9 heteroatoms. The molecule has 3 heterocycles. The molecule has 2 aliphatic heterocycles. The average molecular weight is 556 g/mol. The van der Waals surface area contributed by atoms with Crippen molar-refractivity contribution in [2.75, 3.05) is 26.2 Å². The van der Waals surface area contributed by atoms with E-state index in [4.69, 9.17) is 11.6 Å². The van der Waals surface area contributed by atoms with Crippen LogP contribution in [0.2, 0.25) is 5.02 Å². The van der Waals surface area contributed by atoms with Crippen LogP contribution in [-0.2, 0) is 16.1 Å². The molecule has 36 heavy (non-hydrogen) atoms. The van der Waals surface area contributed by atoms with Crippen molar-refractivity contribution in [1.29, 1.82) is 0 Å². The van der Waals surface area contributed by atoms with Crippen LogP contribution in [0.3, 0.4) is 0 Å². The Morgan fingerprint density at radius 2 is 1.83 bits per heavy atom. The second kappa shape index (κ2) is 13.6. The van der Waals surface area contributed by atoms with Crippen molar-refractivity contribution < 1.29 is 9.59 Å². The number of nitrogens with zero attached hydrogens (tertiary/aromatic N) is 3. The van der Waals surface area contributed by atoms with E-state index in [1.54, 1.807) is 6.20 Å². The molecule has 6 nitrogen and oxygen atoms in total. The summed E-state index contributed by atoms with van der Waals surface area (Å²) in [6.07, 6.45) is 7.15. The van der Waals surface area contributed by atoms with E-state index in [1.807, 2.05) is 61.3 Å². The first-order valence-corrected chi connectivity index (χ1v) is 12.7. The minimum Gasteiger partial charge on any atom is -0.349 e. The molecule has 0 saturated carbocycles. The first kappa shape index (κ1) is 30.4. The zero-order valence-electron chi connectivity index (χ0n) is 21.0. The summed E-state index contributed by atoms with van der Waals surface area (Å²) in [6.45, 7) is 7.98. The quantitative estimate of drug-likeness (QED) is 0.480. The van der Waals surface area contributed by atoms with Gasteiger partial charge in [0.25, 0.3) is 0 Å². The first-order valence-electron chi connectivity index (χ1n) is 12.3. The van der Waals surface area contributed by atoms with Gasteiger partial charge in [-0.1, -0.05) is 43.6 Å². The van der Waals surface area contributed by atoms with Crippen LogP contribution in [0.4, 0.5) is 0 Å².